The van der Waals surface area contributed by atoms with Crippen molar-refractivity contribution in [2.45, 2.75) is 39.2 Å². The summed E-state index contributed by atoms with van der Waals surface area (Å²) >= 11 is 0. The molecule has 0 atom stereocenters. The molecule has 144 valence electrons. The van der Waals surface area contributed by atoms with E-state index >= 15 is 0 Å². The average molecular weight is 368 g/mol. The number of rotatable bonds is 8. The minimum absolute atomic E-state index is 0.225. The van der Waals surface area contributed by atoms with Crippen LogP contribution in [-0.4, -0.2) is 19.4 Å². The highest BCUT2D eigenvalue weighted by Gasteiger charge is 2.21. The normalized spacial score (nSPS) is 20.1. The molecular weight excluding hydrogens is 339 g/mol. The third kappa shape index (κ3) is 6.47. The summed E-state index contributed by atoms with van der Waals surface area (Å²) in [5.74, 6) is 1.07. The van der Waals surface area contributed by atoms with Gasteiger partial charge in [-0.2, -0.15) is 5.10 Å². The molecule has 0 saturated heterocycles. The molecule has 3 rings (SSSR count). The maximum Gasteiger partial charge on any atom is 0.132 e. The largest absolute Gasteiger partial charge is 0.376 e. The Balaban J connectivity index is 1.30. The van der Waals surface area contributed by atoms with Crippen molar-refractivity contribution < 1.29 is 9.13 Å². The van der Waals surface area contributed by atoms with E-state index in [0.717, 1.165) is 18.7 Å². The maximum atomic E-state index is 13.8. The molecule has 0 amide bonds. The molecule has 2 aromatic carbocycles. The summed E-state index contributed by atoms with van der Waals surface area (Å²) < 4.78 is 19.6. The molecule has 2 aromatic rings. The van der Waals surface area contributed by atoms with Gasteiger partial charge in [-0.05, 0) is 61.6 Å². The van der Waals surface area contributed by atoms with E-state index in [1.807, 2.05) is 31.2 Å². The first-order chi connectivity index (χ1) is 13.2. The van der Waals surface area contributed by atoms with Gasteiger partial charge in [0.25, 0.3) is 0 Å². The van der Waals surface area contributed by atoms with Crippen molar-refractivity contribution >= 4 is 6.21 Å². The van der Waals surface area contributed by atoms with Crippen molar-refractivity contribution in [2.75, 3.05) is 13.2 Å². The third-order valence-electron chi connectivity index (χ3n) is 5.26. The van der Waals surface area contributed by atoms with Gasteiger partial charge in [0.1, 0.15) is 5.82 Å². The van der Waals surface area contributed by atoms with Crippen LogP contribution in [0.25, 0.3) is 0 Å². The number of hydrazone groups is 1. The van der Waals surface area contributed by atoms with Gasteiger partial charge in [0.15, 0.2) is 0 Å². The molecule has 27 heavy (non-hydrogen) atoms. The summed E-state index contributed by atoms with van der Waals surface area (Å²) in [6, 6.07) is 15.5. The van der Waals surface area contributed by atoms with E-state index in [-0.39, 0.29) is 5.82 Å². The molecule has 0 aromatic heterocycles. The number of nitrogens with zero attached hydrogens (tertiary/aromatic N) is 1. The van der Waals surface area contributed by atoms with Crippen LogP contribution in [0.4, 0.5) is 4.39 Å². The lowest BCUT2D eigenvalue weighted by atomic mass is 9.82. The third-order valence-corrected chi connectivity index (χ3v) is 5.26. The second-order valence-corrected chi connectivity index (χ2v) is 7.53. The predicted octanol–water partition coefficient (Wildman–Crippen LogP) is 5.08. The molecule has 0 heterocycles. The van der Waals surface area contributed by atoms with E-state index < -0.39 is 0 Å². The highest BCUT2D eigenvalue weighted by molar-refractivity contribution is 5.79. The fraction of sp³-hybridized carbons (Fsp3) is 0.435. The number of nitrogens with one attached hydrogen (secondary N) is 1. The second-order valence-electron chi connectivity index (χ2n) is 7.53. The van der Waals surface area contributed by atoms with Gasteiger partial charge in [-0.1, -0.05) is 42.5 Å². The molecule has 1 aliphatic carbocycles. The second kappa shape index (κ2) is 10.2. The van der Waals surface area contributed by atoms with Gasteiger partial charge in [-0.3, -0.25) is 0 Å². The van der Waals surface area contributed by atoms with E-state index in [9.17, 15) is 4.39 Å². The molecular formula is C23H29FN2O. The zero-order chi connectivity index (χ0) is 18.9. The van der Waals surface area contributed by atoms with Gasteiger partial charge < -0.3 is 10.2 Å². The van der Waals surface area contributed by atoms with Crippen LogP contribution in [0.3, 0.4) is 0 Å². The van der Waals surface area contributed by atoms with E-state index in [4.69, 9.17) is 4.74 Å². The summed E-state index contributed by atoms with van der Waals surface area (Å²) in [5, 5.41) is 4.19. The Bertz CT molecular complexity index is 724. The zero-order valence-corrected chi connectivity index (χ0v) is 16.0. The molecule has 0 unspecified atom stereocenters. The Morgan fingerprint density at radius 2 is 1.81 bits per heavy atom. The van der Waals surface area contributed by atoms with Crippen molar-refractivity contribution in [3.63, 3.8) is 0 Å². The summed E-state index contributed by atoms with van der Waals surface area (Å²) in [6.07, 6.45) is 6.37. The van der Waals surface area contributed by atoms with E-state index in [0.29, 0.717) is 24.0 Å². The van der Waals surface area contributed by atoms with Crippen molar-refractivity contribution in [3.05, 3.63) is 71.0 Å². The van der Waals surface area contributed by atoms with Gasteiger partial charge in [0, 0.05) is 18.7 Å². The van der Waals surface area contributed by atoms with Crippen molar-refractivity contribution in [1.82, 2.24) is 5.43 Å². The fourth-order valence-corrected chi connectivity index (χ4v) is 3.55. The van der Waals surface area contributed by atoms with Crippen LogP contribution in [0, 0.1) is 24.6 Å². The smallest absolute Gasteiger partial charge is 0.132 e. The van der Waals surface area contributed by atoms with Crippen molar-refractivity contribution in [1.29, 1.82) is 0 Å². The van der Waals surface area contributed by atoms with Crippen LogP contribution in [0.2, 0.25) is 0 Å². The molecule has 4 heteroatoms. The first-order valence-corrected chi connectivity index (χ1v) is 9.84. The minimum atomic E-state index is -0.225. The van der Waals surface area contributed by atoms with Crippen LogP contribution < -0.4 is 5.43 Å². The highest BCUT2D eigenvalue weighted by atomic mass is 19.1. The molecule has 0 aliphatic heterocycles. The Morgan fingerprint density at radius 3 is 2.56 bits per heavy atom. The van der Waals surface area contributed by atoms with Crippen LogP contribution in [0.1, 0.15) is 42.4 Å². The molecule has 0 radical (unpaired) electrons. The molecule has 1 fully saturated rings. The van der Waals surface area contributed by atoms with Gasteiger partial charge in [0.2, 0.25) is 0 Å². The Kier molecular flexibility index (Phi) is 7.40. The standard InChI is InChI=1S/C23H29FN2O/c1-18-7-12-22(23(24)13-18)15-26-25-14-19-8-10-21(11-9-19)17-27-16-20-5-3-2-4-6-20/h2-7,12-13,15,19,21,25H,8-11,14,16-17H2,1H3/b26-15+. The molecule has 1 aliphatic rings. The summed E-state index contributed by atoms with van der Waals surface area (Å²) in [7, 11) is 0. The molecule has 0 spiro atoms. The number of benzene rings is 2. The Hall–Kier alpha value is -2.20. The number of hydrogen-bond acceptors (Lipinski definition) is 3. The number of hydrogen-bond donors (Lipinski definition) is 1. The van der Waals surface area contributed by atoms with Crippen LogP contribution in [0.15, 0.2) is 53.6 Å². The molecule has 1 N–H and O–H groups in total. The lowest BCUT2D eigenvalue weighted by Crippen LogP contribution is -2.25. The quantitative estimate of drug-likeness (QED) is 0.521. The zero-order valence-electron chi connectivity index (χ0n) is 16.0. The predicted molar refractivity (Wildman–Crippen MR) is 108 cm³/mol. The Morgan fingerprint density at radius 1 is 1.07 bits per heavy atom. The summed E-state index contributed by atoms with van der Waals surface area (Å²) in [6.45, 7) is 4.28. The maximum absolute atomic E-state index is 13.8. The SMILES string of the molecule is Cc1ccc(/C=N/NCC2CCC(COCc3ccccc3)CC2)c(F)c1. The lowest BCUT2D eigenvalue weighted by Gasteiger charge is -2.28. The summed E-state index contributed by atoms with van der Waals surface area (Å²) in [4.78, 5) is 0. The Labute approximate surface area is 161 Å². The van der Waals surface area contributed by atoms with E-state index in [1.54, 1.807) is 12.3 Å². The van der Waals surface area contributed by atoms with E-state index in [2.05, 4.69) is 22.7 Å². The topological polar surface area (TPSA) is 33.6 Å². The minimum Gasteiger partial charge on any atom is -0.376 e. The van der Waals surface area contributed by atoms with Gasteiger partial charge >= 0.3 is 0 Å². The van der Waals surface area contributed by atoms with Gasteiger partial charge in [-0.25, -0.2) is 4.39 Å². The number of aryl methyl sites for hydroxylation is 1. The lowest BCUT2D eigenvalue weighted by molar-refractivity contribution is 0.0671. The van der Waals surface area contributed by atoms with Crippen LogP contribution in [-0.2, 0) is 11.3 Å². The first-order valence-electron chi connectivity index (χ1n) is 9.84. The van der Waals surface area contributed by atoms with Gasteiger partial charge in [0.05, 0.1) is 12.8 Å². The highest BCUT2D eigenvalue weighted by Crippen LogP contribution is 2.28. The first kappa shape index (κ1) is 19.6. The molecule has 0 bridgehead atoms. The molecule has 1 saturated carbocycles. The van der Waals surface area contributed by atoms with Crippen molar-refractivity contribution in [2.24, 2.45) is 16.9 Å². The van der Waals surface area contributed by atoms with Crippen LogP contribution >= 0.6 is 0 Å². The number of ether oxygens (including phenoxy) is 1. The van der Waals surface area contributed by atoms with E-state index in [1.165, 1.54) is 37.3 Å². The van der Waals surface area contributed by atoms with Gasteiger partial charge in [-0.15, -0.1) is 0 Å². The average Bonchev–Trinajstić information content (AvgIpc) is 2.68. The monoisotopic (exact) mass is 368 g/mol. The van der Waals surface area contributed by atoms with Crippen molar-refractivity contribution in [3.8, 4) is 0 Å². The fourth-order valence-electron chi connectivity index (χ4n) is 3.55. The number of halogens is 1. The molecule has 3 nitrogen and oxygen atoms in total. The summed E-state index contributed by atoms with van der Waals surface area (Å²) in [5.41, 5.74) is 5.77. The van der Waals surface area contributed by atoms with Crippen LogP contribution in [0.5, 0.6) is 0 Å².